The van der Waals surface area contributed by atoms with Gasteiger partial charge in [-0.1, -0.05) is 18.2 Å². The second-order valence-corrected chi connectivity index (χ2v) is 4.54. The minimum atomic E-state index is -0.632. The first-order valence-electron chi connectivity index (χ1n) is 6.39. The Hall–Kier alpha value is -2.46. The highest BCUT2D eigenvalue weighted by Crippen LogP contribution is 2.28. The van der Waals surface area contributed by atoms with E-state index in [1.165, 1.54) is 0 Å². The van der Waals surface area contributed by atoms with E-state index in [4.69, 9.17) is 4.74 Å². The molecule has 0 bridgehead atoms. The summed E-state index contributed by atoms with van der Waals surface area (Å²) in [4.78, 5) is 8.50. The number of aliphatic hydroxyl groups excluding tert-OH is 1. The van der Waals surface area contributed by atoms with Gasteiger partial charge < -0.3 is 9.84 Å². The minimum absolute atomic E-state index is 0.402. The summed E-state index contributed by atoms with van der Waals surface area (Å²) in [6, 6.07) is 13.3. The number of pyridine rings is 2. The van der Waals surface area contributed by atoms with E-state index in [1.54, 1.807) is 31.5 Å². The largest absolute Gasteiger partial charge is 0.437 e. The van der Waals surface area contributed by atoms with Crippen molar-refractivity contribution in [2.24, 2.45) is 0 Å². The van der Waals surface area contributed by atoms with E-state index in [0.717, 1.165) is 10.9 Å². The van der Waals surface area contributed by atoms with Gasteiger partial charge in [0.2, 0.25) is 5.88 Å². The Balaban J connectivity index is 1.97. The number of nitrogens with zero attached hydrogens (tertiary/aromatic N) is 2. The van der Waals surface area contributed by atoms with Gasteiger partial charge in [0.05, 0.1) is 17.8 Å². The number of ether oxygens (including phenoxy) is 1. The number of rotatable bonds is 3. The summed E-state index contributed by atoms with van der Waals surface area (Å²) in [5, 5.41) is 10.7. The molecular weight excluding hydrogens is 252 g/mol. The standard InChI is InChI=1S/C16H14N2O2/c1-11(19)14-6-4-8-17-16(14)20-13-9-12-5-2-3-7-15(12)18-10-13/h2-11,19H,1H3/t11-/m1/s1. The predicted molar refractivity (Wildman–Crippen MR) is 76.7 cm³/mol. The van der Waals surface area contributed by atoms with Crippen LogP contribution < -0.4 is 4.74 Å². The molecule has 3 rings (SSSR count). The van der Waals surface area contributed by atoms with E-state index in [2.05, 4.69) is 9.97 Å². The van der Waals surface area contributed by atoms with E-state index in [-0.39, 0.29) is 0 Å². The van der Waals surface area contributed by atoms with Gasteiger partial charge in [0.15, 0.2) is 0 Å². The fourth-order valence-electron chi connectivity index (χ4n) is 2.02. The molecule has 0 spiro atoms. The van der Waals surface area contributed by atoms with Crippen LogP contribution in [0.25, 0.3) is 10.9 Å². The Morgan fingerprint density at radius 2 is 1.95 bits per heavy atom. The van der Waals surface area contributed by atoms with Crippen molar-refractivity contribution in [1.29, 1.82) is 0 Å². The first-order valence-corrected chi connectivity index (χ1v) is 6.39. The van der Waals surface area contributed by atoms with Crippen molar-refractivity contribution in [3.8, 4) is 11.6 Å². The Morgan fingerprint density at radius 1 is 1.10 bits per heavy atom. The summed E-state index contributed by atoms with van der Waals surface area (Å²) in [7, 11) is 0. The predicted octanol–water partition coefficient (Wildman–Crippen LogP) is 3.48. The molecule has 0 unspecified atom stereocenters. The van der Waals surface area contributed by atoms with Crippen LogP contribution >= 0.6 is 0 Å². The SMILES string of the molecule is C[C@@H](O)c1cccnc1Oc1cnc2ccccc2c1. The second kappa shape index (κ2) is 5.27. The first kappa shape index (κ1) is 12.6. The number of hydrogen-bond donors (Lipinski definition) is 1. The topological polar surface area (TPSA) is 55.2 Å². The molecule has 4 heteroatoms. The van der Waals surface area contributed by atoms with Crippen molar-refractivity contribution >= 4 is 10.9 Å². The van der Waals surface area contributed by atoms with Crippen LogP contribution in [-0.2, 0) is 0 Å². The highest BCUT2D eigenvalue weighted by Gasteiger charge is 2.11. The maximum atomic E-state index is 9.72. The molecule has 1 N–H and O–H groups in total. The van der Waals surface area contributed by atoms with Crippen LogP contribution in [0.4, 0.5) is 0 Å². The Kier molecular flexibility index (Phi) is 3.31. The summed E-state index contributed by atoms with van der Waals surface area (Å²) >= 11 is 0. The molecule has 0 radical (unpaired) electrons. The molecular formula is C16H14N2O2. The minimum Gasteiger partial charge on any atom is -0.437 e. The van der Waals surface area contributed by atoms with Gasteiger partial charge in [0.25, 0.3) is 0 Å². The number of aromatic nitrogens is 2. The molecule has 0 saturated carbocycles. The van der Waals surface area contributed by atoms with E-state index < -0.39 is 6.10 Å². The normalized spacial score (nSPS) is 12.3. The quantitative estimate of drug-likeness (QED) is 0.788. The second-order valence-electron chi connectivity index (χ2n) is 4.54. The van der Waals surface area contributed by atoms with Crippen LogP contribution in [0.3, 0.4) is 0 Å². The van der Waals surface area contributed by atoms with Gasteiger partial charge in [-0.25, -0.2) is 4.98 Å². The number of aliphatic hydroxyl groups is 1. The van der Waals surface area contributed by atoms with Crippen LogP contribution in [0.5, 0.6) is 11.6 Å². The Labute approximate surface area is 116 Å². The van der Waals surface area contributed by atoms with Crippen LogP contribution in [0.1, 0.15) is 18.6 Å². The molecule has 2 heterocycles. The lowest BCUT2D eigenvalue weighted by Crippen LogP contribution is -1.98. The molecule has 3 aromatic rings. The summed E-state index contributed by atoms with van der Waals surface area (Å²) in [6.07, 6.45) is 2.66. The number of fused-ring (bicyclic) bond motifs is 1. The number of hydrogen-bond acceptors (Lipinski definition) is 4. The van der Waals surface area contributed by atoms with Crippen LogP contribution in [-0.4, -0.2) is 15.1 Å². The summed E-state index contributed by atoms with van der Waals surface area (Å²) in [5.41, 5.74) is 1.57. The van der Waals surface area contributed by atoms with Gasteiger partial charge in [-0.15, -0.1) is 0 Å². The highest BCUT2D eigenvalue weighted by atomic mass is 16.5. The highest BCUT2D eigenvalue weighted by molar-refractivity contribution is 5.79. The van der Waals surface area contributed by atoms with Crippen LogP contribution in [0.2, 0.25) is 0 Å². The molecule has 0 saturated heterocycles. The monoisotopic (exact) mass is 266 g/mol. The zero-order valence-electron chi connectivity index (χ0n) is 11.0. The third-order valence-corrected chi connectivity index (χ3v) is 3.03. The van der Waals surface area contributed by atoms with E-state index in [9.17, 15) is 5.11 Å². The molecule has 0 aliphatic heterocycles. The Bertz CT molecular complexity index is 741. The molecule has 100 valence electrons. The van der Waals surface area contributed by atoms with Gasteiger partial charge in [0, 0.05) is 17.1 Å². The van der Waals surface area contributed by atoms with Gasteiger partial charge in [-0.3, -0.25) is 4.98 Å². The molecule has 4 nitrogen and oxygen atoms in total. The van der Waals surface area contributed by atoms with Crippen LogP contribution in [0.15, 0.2) is 54.9 Å². The fraction of sp³-hybridized carbons (Fsp3) is 0.125. The first-order chi connectivity index (χ1) is 9.74. The molecule has 20 heavy (non-hydrogen) atoms. The Morgan fingerprint density at radius 3 is 2.80 bits per heavy atom. The molecule has 0 fully saturated rings. The maximum absolute atomic E-state index is 9.72. The number of benzene rings is 1. The lowest BCUT2D eigenvalue weighted by molar-refractivity contribution is 0.194. The average molecular weight is 266 g/mol. The number of para-hydroxylation sites is 1. The van der Waals surface area contributed by atoms with Crippen LogP contribution in [0, 0.1) is 0 Å². The summed E-state index contributed by atoms with van der Waals surface area (Å²) in [5.74, 6) is 1.00. The van der Waals surface area contributed by atoms with Crippen molar-refractivity contribution in [3.63, 3.8) is 0 Å². The summed E-state index contributed by atoms with van der Waals surface area (Å²) in [6.45, 7) is 1.68. The molecule has 0 aliphatic rings. The molecule has 2 aromatic heterocycles. The summed E-state index contributed by atoms with van der Waals surface area (Å²) < 4.78 is 5.75. The molecule has 1 atom stereocenters. The lowest BCUT2D eigenvalue weighted by atomic mass is 10.2. The van der Waals surface area contributed by atoms with Gasteiger partial charge in [0.1, 0.15) is 5.75 Å². The smallest absolute Gasteiger partial charge is 0.225 e. The fourth-order valence-corrected chi connectivity index (χ4v) is 2.02. The molecule has 0 amide bonds. The van der Waals surface area contributed by atoms with Gasteiger partial charge in [-0.2, -0.15) is 0 Å². The van der Waals surface area contributed by atoms with E-state index in [0.29, 0.717) is 17.2 Å². The van der Waals surface area contributed by atoms with Crippen molar-refractivity contribution in [2.45, 2.75) is 13.0 Å². The van der Waals surface area contributed by atoms with Crippen molar-refractivity contribution in [1.82, 2.24) is 9.97 Å². The van der Waals surface area contributed by atoms with E-state index in [1.807, 2.05) is 30.3 Å². The molecule has 0 aliphatic carbocycles. The third kappa shape index (κ3) is 2.46. The third-order valence-electron chi connectivity index (χ3n) is 3.03. The van der Waals surface area contributed by atoms with Crippen molar-refractivity contribution < 1.29 is 9.84 Å². The zero-order chi connectivity index (χ0) is 13.9. The van der Waals surface area contributed by atoms with Crippen molar-refractivity contribution in [3.05, 3.63) is 60.4 Å². The maximum Gasteiger partial charge on any atom is 0.225 e. The zero-order valence-corrected chi connectivity index (χ0v) is 11.0. The van der Waals surface area contributed by atoms with Crippen molar-refractivity contribution in [2.75, 3.05) is 0 Å². The molecule has 1 aromatic carbocycles. The van der Waals surface area contributed by atoms with E-state index >= 15 is 0 Å². The lowest BCUT2D eigenvalue weighted by Gasteiger charge is -2.11. The van der Waals surface area contributed by atoms with Gasteiger partial charge in [-0.05, 0) is 31.2 Å². The average Bonchev–Trinajstić information content (AvgIpc) is 2.47. The van der Waals surface area contributed by atoms with Gasteiger partial charge >= 0.3 is 0 Å².